The summed E-state index contributed by atoms with van der Waals surface area (Å²) in [4.78, 5) is 25.6. The first kappa shape index (κ1) is 17.1. The molecule has 0 aromatic heterocycles. The van der Waals surface area contributed by atoms with E-state index in [1.54, 1.807) is 0 Å². The minimum Gasteiger partial charge on any atom is -0.444 e. The Hall–Kier alpha value is -1.30. The lowest BCUT2D eigenvalue weighted by atomic mass is 9.81. The van der Waals surface area contributed by atoms with Crippen LogP contribution in [0.1, 0.15) is 46.5 Å². The summed E-state index contributed by atoms with van der Waals surface area (Å²) >= 11 is 0. The van der Waals surface area contributed by atoms with E-state index in [1.165, 1.54) is 19.3 Å². The standard InChI is InChI=1S/C16H29N3O3/c1-16(2,3)22-15(21)18-13(9-12-5-4-6-12)10-19-8-7-17-14(20)11-19/h12-13H,4-11H2,1-3H3,(H,17,20)(H,18,21). The second-order valence-electron chi connectivity index (χ2n) is 7.46. The molecular formula is C16H29N3O3. The van der Waals surface area contributed by atoms with Crippen LogP contribution in [-0.4, -0.2) is 54.7 Å². The number of nitrogens with one attached hydrogen (secondary N) is 2. The van der Waals surface area contributed by atoms with Gasteiger partial charge in [-0.05, 0) is 33.1 Å². The molecule has 2 aliphatic rings. The van der Waals surface area contributed by atoms with Crippen LogP contribution >= 0.6 is 0 Å². The van der Waals surface area contributed by atoms with Crippen molar-refractivity contribution in [3.63, 3.8) is 0 Å². The molecule has 6 nitrogen and oxygen atoms in total. The van der Waals surface area contributed by atoms with Gasteiger partial charge < -0.3 is 15.4 Å². The number of nitrogens with zero attached hydrogens (tertiary/aromatic N) is 1. The Morgan fingerprint density at radius 1 is 1.45 bits per heavy atom. The van der Waals surface area contributed by atoms with Gasteiger partial charge in [-0.1, -0.05) is 19.3 Å². The van der Waals surface area contributed by atoms with Crippen LogP contribution in [0.3, 0.4) is 0 Å². The van der Waals surface area contributed by atoms with Gasteiger partial charge in [0.1, 0.15) is 5.60 Å². The Kier molecular flexibility index (Phi) is 5.67. The molecular weight excluding hydrogens is 282 g/mol. The van der Waals surface area contributed by atoms with Gasteiger partial charge in [0, 0.05) is 25.7 Å². The normalized spacial score (nSPS) is 21.7. The van der Waals surface area contributed by atoms with Crippen LogP contribution in [-0.2, 0) is 9.53 Å². The van der Waals surface area contributed by atoms with Crippen molar-refractivity contribution in [3.8, 4) is 0 Å². The second-order valence-corrected chi connectivity index (χ2v) is 7.46. The van der Waals surface area contributed by atoms with Gasteiger partial charge in [0.25, 0.3) is 0 Å². The number of ether oxygens (including phenoxy) is 1. The van der Waals surface area contributed by atoms with Gasteiger partial charge in [0.05, 0.1) is 6.54 Å². The summed E-state index contributed by atoms with van der Waals surface area (Å²) in [6.07, 6.45) is 4.38. The third kappa shape index (κ3) is 5.83. The zero-order valence-electron chi connectivity index (χ0n) is 14.0. The number of carbonyl (C=O) groups excluding carboxylic acids is 2. The van der Waals surface area contributed by atoms with E-state index in [2.05, 4.69) is 15.5 Å². The molecule has 1 saturated heterocycles. The van der Waals surface area contributed by atoms with E-state index in [0.717, 1.165) is 13.0 Å². The maximum absolute atomic E-state index is 12.0. The number of alkyl carbamates (subject to hydrolysis) is 1. The minimum absolute atomic E-state index is 0.0473. The van der Waals surface area contributed by atoms with E-state index >= 15 is 0 Å². The van der Waals surface area contributed by atoms with Gasteiger partial charge in [-0.25, -0.2) is 4.79 Å². The van der Waals surface area contributed by atoms with Gasteiger partial charge in [-0.2, -0.15) is 0 Å². The van der Waals surface area contributed by atoms with Crippen molar-refractivity contribution >= 4 is 12.0 Å². The second kappa shape index (κ2) is 7.31. The number of hydrogen-bond donors (Lipinski definition) is 2. The van der Waals surface area contributed by atoms with Gasteiger partial charge >= 0.3 is 6.09 Å². The highest BCUT2D eigenvalue weighted by molar-refractivity contribution is 5.78. The van der Waals surface area contributed by atoms with Gasteiger partial charge in [-0.3, -0.25) is 9.69 Å². The van der Waals surface area contributed by atoms with Crippen molar-refractivity contribution in [2.75, 3.05) is 26.2 Å². The molecule has 0 aromatic rings. The third-order valence-electron chi connectivity index (χ3n) is 4.16. The van der Waals surface area contributed by atoms with Crippen molar-refractivity contribution < 1.29 is 14.3 Å². The zero-order valence-corrected chi connectivity index (χ0v) is 14.0. The molecule has 0 spiro atoms. The Morgan fingerprint density at radius 3 is 2.73 bits per heavy atom. The topological polar surface area (TPSA) is 70.7 Å². The summed E-state index contributed by atoms with van der Waals surface area (Å²) < 4.78 is 5.36. The molecule has 1 aliphatic heterocycles. The van der Waals surface area contributed by atoms with Crippen LogP contribution in [0.4, 0.5) is 4.79 Å². The van der Waals surface area contributed by atoms with Crippen molar-refractivity contribution in [2.24, 2.45) is 5.92 Å². The summed E-state index contributed by atoms with van der Waals surface area (Å²) in [5.41, 5.74) is -0.490. The molecule has 126 valence electrons. The summed E-state index contributed by atoms with van der Waals surface area (Å²) in [7, 11) is 0. The van der Waals surface area contributed by atoms with E-state index in [4.69, 9.17) is 4.74 Å². The molecule has 0 aromatic carbocycles. The summed E-state index contributed by atoms with van der Waals surface area (Å²) in [5.74, 6) is 0.754. The number of amides is 2. The molecule has 2 amide bonds. The number of hydrogen-bond acceptors (Lipinski definition) is 4. The van der Waals surface area contributed by atoms with Crippen LogP contribution in [0.5, 0.6) is 0 Å². The third-order valence-corrected chi connectivity index (χ3v) is 4.16. The molecule has 0 bridgehead atoms. The molecule has 1 atom stereocenters. The summed E-state index contributed by atoms with van der Waals surface area (Å²) in [5, 5.41) is 5.83. The molecule has 6 heteroatoms. The van der Waals surface area contributed by atoms with E-state index in [0.29, 0.717) is 25.6 Å². The Balaban J connectivity index is 1.87. The van der Waals surface area contributed by atoms with E-state index < -0.39 is 5.60 Å². The van der Waals surface area contributed by atoms with Crippen LogP contribution < -0.4 is 10.6 Å². The van der Waals surface area contributed by atoms with E-state index in [9.17, 15) is 9.59 Å². The maximum atomic E-state index is 12.0. The van der Waals surface area contributed by atoms with E-state index in [-0.39, 0.29) is 18.0 Å². The molecule has 22 heavy (non-hydrogen) atoms. The van der Waals surface area contributed by atoms with Crippen LogP contribution in [0.15, 0.2) is 0 Å². The first-order chi connectivity index (χ1) is 10.3. The fourth-order valence-corrected chi connectivity index (χ4v) is 2.94. The van der Waals surface area contributed by atoms with Crippen LogP contribution in [0.25, 0.3) is 0 Å². The van der Waals surface area contributed by atoms with Crippen molar-refractivity contribution in [1.29, 1.82) is 0 Å². The Bertz CT molecular complexity index is 402. The predicted molar refractivity (Wildman–Crippen MR) is 84.6 cm³/mol. The maximum Gasteiger partial charge on any atom is 0.407 e. The molecule has 0 radical (unpaired) electrons. The first-order valence-electron chi connectivity index (χ1n) is 8.30. The van der Waals surface area contributed by atoms with Crippen LogP contribution in [0.2, 0.25) is 0 Å². The average molecular weight is 311 g/mol. The van der Waals surface area contributed by atoms with Crippen molar-refractivity contribution in [1.82, 2.24) is 15.5 Å². The highest BCUT2D eigenvalue weighted by Gasteiger charge is 2.27. The van der Waals surface area contributed by atoms with Gasteiger partial charge in [-0.15, -0.1) is 0 Å². The predicted octanol–water partition coefficient (Wildman–Crippen LogP) is 1.50. The highest BCUT2D eigenvalue weighted by atomic mass is 16.6. The summed E-state index contributed by atoms with van der Waals surface area (Å²) in [6.45, 7) is 8.23. The highest BCUT2D eigenvalue weighted by Crippen LogP contribution is 2.30. The van der Waals surface area contributed by atoms with Crippen LogP contribution in [0, 0.1) is 5.92 Å². The van der Waals surface area contributed by atoms with Gasteiger partial charge in [0.15, 0.2) is 0 Å². The molecule has 2 fully saturated rings. The zero-order chi connectivity index (χ0) is 16.2. The monoisotopic (exact) mass is 311 g/mol. The first-order valence-corrected chi connectivity index (χ1v) is 8.30. The molecule has 1 aliphatic carbocycles. The fourth-order valence-electron chi connectivity index (χ4n) is 2.94. The lowest BCUT2D eigenvalue weighted by Crippen LogP contribution is -2.53. The smallest absolute Gasteiger partial charge is 0.407 e. The number of carbonyl (C=O) groups is 2. The number of piperazine rings is 1. The largest absolute Gasteiger partial charge is 0.444 e. The molecule has 2 rings (SSSR count). The van der Waals surface area contributed by atoms with Crippen molar-refractivity contribution in [2.45, 2.75) is 58.1 Å². The Morgan fingerprint density at radius 2 is 2.18 bits per heavy atom. The van der Waals surface area contributed by atoms with Gasteiger partial charge in [0.2, 0.25) is 5.91 Å². The number of rotatable bonds is 5. The lowest BCUT2D eigenvalue weighted by molar-refractivity contribution is -0.124. The molecule has 1 saturated carbocycles. The molecule has 1 heterocycles. The molecule has 2 N–H and O–H groups in total. The van der Waals surface area contributed by atoms with E-state index in [1.807, 2.05) is 20.8 Å². The molecule has 1 unspecified atom stereocenters. The fraction of sp³-hybridized carbons (Fsp3) is 0.875. The minimum atomic E-state index is -0.490. The Labute approximate surface area is 132 Å². The lowest BCUT2D eigenvalue weighted by Gasteiger charge is -2.34. The summed E-state index contributed by atoms with van der Waals surface area (Å²) in [6, 6.07) is 0.0473. The quantitative estimate of drug-likeness (QED) is 0.807. The SMILES string of the molecule is CC(C)(C)OC(=O)NC(CC1CCC1)CN1CCNC(=O)C1. The van der Waals surface area contributed by atoms with Crippen molar-refractivity contribution in [3.05, 3.63) is 0 Å². The average Bonchev–Trinajstić information content (AvgIpc) is 2.31.